The molecule has 0 spiro atoms. The maximum Gasteiger partial charge on any atom is 0.425 e. The van der Waals surface area contributed by atoms with Crippen LogP contribution in [0.15, 0.2) is 29.6 Å². The molecule has 1 saturated heterocycles. The van der Waals surface area contributed by atoms with Crippen molar-refractivity contribution in [2.75, 3.05) is 18.9 Å². The van der Waals surface area contributed by atoms with Gasteiger partial charge in [-0.25, -0.2) is 8.78 Å². The lowest BCUT2D eigenvalue weighted by Crippen LogP contribution is -2.33. The zero-order valence-corrected chi connectivity index (χ0v) is 14.6. The first kappa shape index (κ1) is 19.3. The van der Waals surface area contributed by atoms with Gasteiger partial charge in [0.15, 0.2) is 11.6 Å². The molecule has 1 aromatic heterocycles. The molecule has 1 fully saturated rings. The number of carbonyl (C=O) groups is 2. The van der Waals surface area contributed by atoms with Gasteiger partial charge >= 0.3 is 6.18 Å². The molecular formula is C17H13F5N2O2S. The Kier molecular flexibility index (Phi) is 4.94. The van der Waals surface area contributed by atoms with E-state index in [1.54, 1.807) is 0 Å². The molecule has 4 nitrogen and oxygen atoms in total. The Morgan fingerprint density at radius 3 is 2.63 bits per heavy atom. The zero-order valence-electron chi connectivity index (χ0n) is 13.8. The lowest BCUT2D eigenvalue weighted by atomic mass is 9.89. The Labute approximate surface area is 154 Å². The summed E-state index contributed by atoms with van der Waals surface area (Å²) in [6.45, 7) is 0.0383. The molecule has 144 valence electrons. The Hall–Kier alpha value is -2.49. The fourth-order valence-corrected chi connectivity index (χ4v) is 3.84. The minimum Gasteiger partial charge on any atom is -0.344 e. The number of alkyl halides is 3. The minimum atomic E-state index is -4.53. The van der Waals surface area contributed by atoms with E-state index < -0.39 is 52.0 Å². The number of carbonyl (C=O) groups excluding carboxylic acids is 2. The number of nitrogens with zero attached hydrogens (tertiary/aromatic N) is 1. The van der Waals surface area contributed by atoms with Crippen molar-refractivity contribution in [3.05, 3.63) is 51.7 Å². The number of rotatable bonds is 3. The van der Waals surface area contributed by atoms with E-state index in [4.69, 9.17) is 0 Å². The summed E-state index contributed by atoms with van der Waals surface area (Å²) in [5.74, 6) is -6.13. The van der Waals surface area contributed by atoms with Gasteiger partial charge in [-0.1, -0.05) is 6.07 Å². The first-order valence-corrected chi connectivity index (χ1v) is 8.63. The van der Waals surface area contributed by atoms with Crippen LogP contribution < -0.4 is 5.32 Å². The SMILES string of the molecule is CN1C[C@H](c2csc(C(F)(F)F)c2)[C@@H](C(=O)Nc2cccc(F)c2F)C1=O. The number of hydrogen-bond donors (Lipinski definition) is 1. The van der Waals surface area contributed by atoms with E-state index in [0.29, 0.717) is 11.3 Å². The normalized spacial score (nSPS) is 20.2. The molecule has 1 N–H and O–H groups in total. The molecule has 2 atom stereocenters. The number of likely N-dealkylation sites (N-methyl/N-ethyl adjacent to an activating group) is 1. The molecule has 0 bridgehead atoms. The summed E-state index contributed by atoms with van der Waals surface area (Å²) in [5, 5.41) is 3.41. The van der Waals surface area contributed by atoms with Gasteiger partial charge in [0, 0.05) is 19.5 Å². The van der Waals surface area contributed by atoms with E-state index in [-0.39, 0.29) is 12.1 Å². The number of thiophene rings is 1. The molecule has 0 radical (unpaired) electrons. The summed E-state index contributed by atoms with van der Waals surface area (Å²) in [6, 6.07) is 4.08. The second-order valence-corrected chi connectivity index (χ2v) is 7.05. The predicted molar refractivity (Wildman–Crippen MR) is 88.2 cm³/mol. The average molecular weight is 404 g/mol. The maximum absolute atomic E-state index is 13.8. The largest absolute Gasteiger partial charge is 0.425 e. The summed E-state index contributed by atoms with van der Waals surface area (Å²) in [4.78, 5) is 25.3. The van der Waals surface area contributed by atoms with Gasteiger partial charge in [-0.3, -0.25) is 9.59 Å². The molecule has 3 rings (SSSR count). The van der Waals surface area contributed by atoms with Crippen LogP contribution in [0.3, 0.4) is 0 Å². The van der Waals surface area contributed by atoms with Crippen LogP contribution in [-0.2, 0) is 15.8 Å². The van der Waals surface area contributed by atoms with Gasteiger partial charge in [0.05, 0.1) is 5.69 Å². The lowest BCUT2D eigenvalue weighted by molar-refractivity contribution is -0.135. The Morgan fingerprint density at radius 2 is 2.00 bits per heavy atom. The molecule has 10 heteroatoms. The molecule has 2 aromatic rings. The highest BCUT2D eigenvalue weighted by molar-refractivity contribution is 7.10. The standard InChI is InChI=1S/C17H13F5N2O2S/c1-24-6-9(8-5-12(27-7-8)17(20,21)22)13(16(24)26)15(25)23-11-4-2-3-10(18)14(11)19/h2-5,7,9,13H,6H2,1H3,(H,23,25)/t9-,13+/m1/s1. The van der Waals surface area contributed by atoms with Crippen LogP contribution in [0.1, 0.15) is 16.4 Å². The van der Waals surface area contributed by atoms with Crippen molar-refractivity contribution in [1.29, 1.82) is 0 Å². The Morgan fingerprint density at radius 1 is 1.30 bits per heavy atom. The zero-order chi connectivity index (χ0) is 19.9. The van der Waals surface area contributed by atoms with E-state index in [9.17, 15) is 31.5 Å². The molecule has 0 saturated carbocycles. The highest BCUT2D eigenvalue weighted by Crippen LogP contribution is 2.40. The summed E-state index contributed by atoms with van der Waals surface area (Å²) < 4.78 is 65.6. The smallest absolute Gasteiger partial charge is 0.344 e. The summed E-state index contributed by atoms with van der Waals surface area (Å²) in [7, 11) is 1.42. The number of halogens is 5. The number of likely N-dealkylation sites (tertiary alicyclic amines) is 1. The van der Waals surface area contributed by atoms with Crippen LogP contribution in [-0.4, -0.2) is 30.3 Å². The van der Waals surface area contributed by atoms with Crippen LogP contribution in [0.5, 0.6) is 0 Å². The number of anilines is 1. The highest BCUT2D eigenvalue weighted by Gasteiger charge is 2.45. The maximum atomic E-state index is 13.8. The lowest BCUT2D eigenvalue weighted by Gasteiger charge is -2.16. The van der Waals surface area contributed by atoms with Gasteiger partial charge in [-0.15, -0.1) is 11.3 Å². The molecule has 0 aliphatic carbocycles. The fourth-order valence-electron chi connectivity index (χ4n) is 3.00. The van der Waals surface area contributed by atoms with Gasteiger partial charge in [0.25, 0.3) is 0 Å². The van der Waals surface area contributed by atoms with Crippen LogP contribution in [0.4, 0.5) is 27.6 Å². The molecule has 1 aliphatic heterocycles. The van der Waals surface area contributed by atoms with Crippen molar-refractivity contribution in [3.8, 4) is 0 Å². The van der Waals surface area contributed by atoms with Gasteiger partial charge < -0.3 is 10.2 Å². The van der Waals surface area contributed by atoms with Crippen molar-refractivity contribution in [2.45, 2.75) is 12.1 Å². The van der Waals surface area contributed by atoms with E-state index >= 15 is 0 Å². The number of hydrogen-bond acceptors (Lipinski definition) is 3. The molecular weight excluding hydrogens is 391 g/mol. The Bertz CT molecular complexity index is 896. The van der Waals surface area contributed by atoms with Gasteiger partial charge in [-0.05, 0) is 29.1 Å². The molecule has 1 aliphatic rings. The third kappa shape index (κ3) is 3.66. The molecule has 1 aromatic carbocycles. The number of benzene rings is 1. The average Bonchev–Trinajstić information content (AvgIpc) is 3.17. The Balaban J connectivity index is 1.89. The van der Waals surface area contributed by atoms with E-state index in [2.05, 4.69) is 5.32 Å². The van der Waals surface area contributed by atoms with Crippen molar-refractivity contribution in [1.82, 2.24) is 4.90 Å². The van der Waals surface area contributed by atoms with Gasteiger partial charge in [-0.2, -0.15) is 13.2 Å². The van der Waals surface area contributed by atoms with Crippen LogP contribution in [0, 0.1) is 17.6 Å². The molecule has 0 unspecified atom stereocenters. The van der Waals surface area contributed by atoms with Crippen LogP contribution in [0.2, 0.25) is 0 Å². The predicted octanol–water partition coefficient (Wildman–Crippen LogP) is 3.86. The monoisotopic (exact) mass is 404 g/mol. The molecule has 27 heavy (non-hydrogen) atoms. The van der Waals surface area contributed by atoms with Crippen molar-refractivity contribution in [2.24, 2.45) is 5.92 Å². The third-order valence-corrected chi connectivity index (χ3v) is 5.33. The topological polar surface area (TPSA) is 49.4 Å². The first-order valence-electron chi connectivity index (χ1n) is 7.75. The number of amides is 2. The van der Waals surface area contributed by atoms with Gasteiger partial charge in [0.1, 0.15) is 10.8 Å². The summed E-state index contributed by atoms with van der Waals surface area (Å²) >= 11 is 0.472. The minimum absolute atomic E-state index is 0.0383. The first-order chi connectivity index (χ1) is 12.6. The van der Waals surface area contributed by atoms with E-state index in [1.807, 2.05) is 0 Å². The summed E-state index contributed by atoms with van der Waals surface area (Å²) in [6.07, 6.45) is -4.53. The van der Waals surface area contributed by atoms with Crippen LogP contribution in [0.25, 0.3) is 0 Å². The van der Waals surface area contributed by atoms with Crippen molar-refractivity contribution in [3.63, 3.8) is 0 Å². The molecule has 2 heterocycles. The molecule has 2 amide bonds. The quantitative estimate of drug-likeness (QED) is 0.624. The second kappa shape index (κ2) is 6.91. The van der Waals surface area contributed by atoms with Crippen LogP contribution >= 0.6 is 11.3 Å². The van der Waals surface area contributed by atoms with Crippen molar-refractivity contribution < 1.29 is 31.5 Å². The van der Waals surface area contributed by atoms with Crippen molar-refractivity contribution >= 4 is 28.8 Å². The van der Waals surface area contributed by atoms with E-state index in [1.165, 1.54) is 23.4 Å². The highest BCUT2D eigenvalue weighted by atomic mass is 32.1. The third-order valence-electron chi connectivity index (χ3n) is 4.33. The van der Waals surface area contributed by atoms with E-state index in [0.717, 1.165) is 18.2 Å². The number of nitrogens with one attached hydrogen (secondary N) is 1. The fraction of sp³-hybridized carbons (Fsp3) is 0.294. The second-order valence-electron chi connectivity index (χ2n) is 6.14. The summed E-state index contributed by atoms with van der Waals surface area (Å²) in [5.41, 5.74) is -0.243. The van der Waals surface area contributed by atoms with Gasteiger partial charge in [0.2, 0.25) is 11.8 Å².